The van der Waals surface area contributed by atoms with Crippen LogP contribution in [0, 0.1) is 11.6 Å². The van der Waals surface area contributed by atoms with E-state index in [1.807, 2.05) is 0 Å². The number of hydrogen-bond acceptors (Lipinski definition) is 2. The molecule has 0 bridgehead atoms. The van der Waals surface area contributed by atoms with Crippen LogP contribution in [0.3, 0.4) is 0 Å². The van der Waals surface area contributed by atoms with E-state index >= 15 is 0 Å². The van der Waals surface area contributed by atoms with Crippen LogP contribution in [0.15, 0.2) is 66.7 Å². The number of hydrogen-bond donors (Lipinski definition) is 2. The van der Waals surface area contributed by atoms with Crippen molar-refractivity contribution >= 4 is 39.9 Å². The Balaban J connectivity index is 1.67. The number of carbonyl (C=O) groups excluding carboxylic acids is 2. The van der Waals surface area contributed by atoms with Gasteiger partial charge < -0.3 is 10.6 Å². The maximum atomic E-state index is 14.1. The first kappa shape index (κ1) is 23.7. The predicted molar refractivity (Wildman–Crippen MR) is 124 cm³/mol. The smallest absolute Gasteiger partial charge is 0.341 e. The normalized spacial score (nSPS) is 15.1. The number of halogens is 6. The largest absolute Gasteiger partial charge is 0.416 e. The lowest BCUT2D eigenvalue weighted by atomic mass is 9.92. The van der Waals surface area contributed by atoms with Crippen LogP contribution < -0.4 is 10.6 Å². The second-order valence-corrected chi connectivity index (χ2v) is 8.59. The zero-order valence-electron chi connectivity index (χ0n) is 18.0. The lowest BCUT2D eigenvalue weighted by Gasteiger charge is -2.19. The summed E-state index contributed by atoms with van der Waals surface area (Å²) in [5.74, 6) is -3.38. The van der Waals surface area contributed by atoms with Gasteiger partial charge in [-0.25, -0.2) is 8.78 Å². The fraction of sp³-hybridized carbons (Fsp3) is 0.0769. The van der Waals surface area contributed by atoms with Crippen molar-refractivity contribution < 1.29 is 31.5 Å². The van der Waals surface area contributed by atoms with Crippen molar-refractivity contribution in [3.63, 3.8) is 0 Å². The van der Waals surface area contributed by atoms with Crippen molar-refractivity contribution in [1.82, 2.24) is 5.32 Å². The number of fused-ring (bicyclic) bond motifs is 3. The number of carbonyl (C=O) groups is 2. The van der Waals surface area contributed by atoms with Gasteiger partial charge in [0.15, 0.2) is 0 Å². The molecular weight excluding hydrogens is 503 g/mol. The number of rotatable bonds is 3. The maximum absolute atomic E-state index is 14.1. The molecule has 1 heterocycles. The zero-order valence-corrected chi connectivity index (χ0v) is 18.8. The van der Waals surface area contributed by atoms with Crippen molar-refractivity contribution in [2.45, 2.75) is 12.2 Å². The standard InChI is InChI=1S/C26H14ClF5N2O2/c27-19-6-5-15(28)11-18(19)23-22-20(9-12-3-1-2-4-17(12)21(22)25(36)34-23)33-24(35)13-7-14(26(30,31)32)10-16(29)8-13/h1-11,23H,(H,33,35)(H,34,36). The third kappa shape index (κ3) is 4.15. The molecule has 5 rings (SSSR count). The highest BCUT2D eigenvalue weighted by molar-refractivity contribution is 6.31. The van der Waals surface area contributed by atoms with E-state index in [2.05, 4.69) is 10.6 Å². The van der Waals surface area contributed by atoms with Gasteiger partial charge >= 0.3 is 6.18 Å². The minimum absolute atomic E-state index is 0.0789. The fourth-order valence-corrected chi connectivity index (χ4v) is 4.56. The number of nitrogens with one attached hydrogen (secondary N) is 2. The minimum atomic E-state index is -4.86. The van der Waals surface area contributed by atoms with Crippen molar-refractivity contribution in [2.24, 2.45) is 0 Å². The molecule has 36 heavy (non-hydrogen) atoms. The molecule has 0 radical (unpaired) electrons. The van der Waals surface area contributed by atoms with E-state index < -0.39 is 46.8 Å². The van der Waals surface area contributed by atoms with E-state index in [0.717, 1.165) is 12.1 Å². The summed E-state index contributed by atoms with van der Waals surface area (Å²) in [6, 6.07) is 12.5. The highest BCUT2D eigenvalue weighted by Gasteiger charge is 2.36. The molecule has 1 unspecified atom stereocenters. The summed E-state index contributed by atoms with van der Waals surface area (Å²) in [6.07, 6.45) is -4.86. The SMILES string of the molecule is O=C(Nc1cc2ccccc2c2c1C(c1cc(F)ccc1Cl)NC2=O)c1cc(F)cc(C(F)(F)F)c1. The Morgan fingerprint density at radius 1 is 0.944 bits per heavy atom. The average Bonchev–Trinajstić information content (AvgIpc) is 3.17. The quantitative estimate of drug-likeness (QED) is 0.292. The highest BCUT2D eigenvalue weighted by Crippen LogP contribution is 2.43. The summed E-state index contributed by atoms with van der Waals surface area (Å²) in [6.45, 7) is 0. The molecule has 0 fully saturated rings. The van der Waals surface area contributed by atoms with Crippen molar-refractivity contribution in [1.29, 1.82) is 0 Å². The van der Waals surface area contributed by atoms with Gasteiger partial charge in [0, 0.05) is 27.4 Å². The molecule has 1 aliphatic heterocycles. The molecule has 0 saturated heterocycles. The highest BCUT2D eigenvalue weighted by atomic mass is 35.5. The summed E-state index contributed by atoms with van der Waals surface area (Å²) in [5, 5.41) is 6.50. The fourth-order valence-electron chi connectivity index (χ4n) is 4.33. The number of amides is 2. The molecule has 0 aliphatic carbocycles. The van der Waals surface area contributed by atoms with E-state index in [1.54, 1.807) is 24.3 Å². The van der Waals surface area contributed by atoms with Gasteiger partial charge in [-0.15, -0.1) is 0 Å². The first-order chi connectivity index (χ1) is 17.0. The molecule has 1 aliphatic rings. The van der Waals surface area contributed by atoms with E-state index in [1.165, 1.54) is 12.1 Å². The molecular formula is C26H14ClF5N2O2. The first-order valence-electron chi connectivity index (χ1n) is 10.5. The number of benzene rings is 4. The van der Waals surface area contributed by atoms with Gasteiger partial charge in [-0.1, -0.05) is 35.9 Å². The van der Waals surface area contributed by atoms with E-state index in [9.17, 15) is 31.5 Å². The van der Waals surface area contributed by atoms with Gasteiger partial charge in [0.2, 0.25) is 0 Å². The lowest BCUT2D eigenvalue weighted by molar-refractivity contribution is -0.137. The van der Waals surface area contributed by atoms with Gasteiger partial charge in [-0.05, 0) is 53.2 Å². The molecule has 1 atom stereocenters. The second-order valence-electron chi connectivity index (χ2n) is 8.19. The molecule has 4 aromatic rings. The molecule has 0 aromatic heterocycles. The topological polar surface area (TPSA) is 58.2 Å². The number of anilines is 1. The van der Waals surface area contributed by atoms with E-state index in [-0.39, 0.29) is 33.5 Å². The van der Waals surface area contributed by atoms with E-state index in [4.69, 9.17) is 11.6 Å². The Morgan fingerprint density at radius 2 is 1.69 bits per heavy atom. The Hall–Kier alpha value is -3.98. The van der Waals surface area contributed by atoms with Crippen molar-refractivity contribution in [3.8, 4) is 0 Å². The summed E-state index contributed by atoms with van der Waals surface area (Å²) in [7, 11) is 0. The van der Waals surface area contributed by atoms with Crippen molar-refractivity contribution in [3.05, 3.63) is 111 Å². The van der Waals surface area contributed by atoms with Crippen molar-refractivity contribution in [2.75, 3.05) is 5.32 Å². The van der Waals surface area contributed by atoms with Gasteiger partial charge in [0.1, 0.15) is 11.6 Å². The Labute approximate surface area is 205 Å². The van der Waals surface area contributed by atoms with Crippen LogP contribution in [0.2, 0.25) is 5.02 Å². The van der Waals surface area contributed by atoms with Gasteiger partial charge in [0.05, 0.1) is 17.2 Å². The van der Waals surface area contributed by atoms with Crippen LogP contribution in [-0.2, 0) is 6.18 Å². The molecule has 4 aromatic carbocycles. The molecule has 2 N–H and O–H groups in total. The maximum Gasteiger partial charge on any atom is 0.416 e. The Kier molecular flexibility index (Phi) is 5.67. The Morgan fingerprint density at radius 3 is 2.44 bits per heavy atom. The van der Waals surface area contributed by atoms with Gasteiger partial charge in [-0.3, -0.25) is 9.59 Å². The predicted octanol–water partition coefficient (Wildman–Crippen LogP) is 6.88. The van der Waals surface area contributed by atoms with Gasteiger partial charge in [-0.2, -0.15) is 13.2 Å². The Bertz CT molecular complexity index is 1570. The molecule has 4 nitrogen and oxygen atoms in total. The van der Waals surface area contributed by atoms with E-state index in [0.29, 0.717) is 22.9 Å². The third-order valence-electron chi connectivity index (χ3n) is 5.89. The summed E-state index contributed by atoms with van der Waals surface area (Å²) in [5.41, 5.74) is -1.13. The summed E-state index contributed by atoms with van der Waals surface area (Å²) >= 11 is 6.29. The zero-order chi connectivity index (χ0) is 25.8. The molecule has 0 spiro atoms. The minimum Gasteiger partial charge on any atom is -0.341 e. The molecule has 10 heteroatoms. The first-order valence-corrected chi connectivity index (χ1v) is 10.9. The van der Waals surface area contributed by atoms with Crippen LogP contribution in [0.4, 0.5) is 27.6 Å². The average molecular weight is 517 g/mol. The van der Waals surface area contributed by atoms with Crippen LogP contribution >= 0.6 is 11.6 Å². The summed E-state index contributed by atoms with van der Waals surface area (Å²) < 4.78 is 67.5. The molecule has 0 saturated carbocycles. The van der Waals surface area contributed by atoms with Crippen LogP contribution in [0.1, 0.15) is 43.4 Å². The lowest BCUT2D eigenvalue weighted by Crippen LogP contribution is -2.21. The third-order valence-corrected chi connectivity index (χ3v) is 6.23. The molecule has 182 valence electrons. The van der Waals surface area contributed by atoms with Crippen LogP contribution in [0.5, 0.6) is 0 Å². The van der Waals surface area contributed by atoms with Gasteiger partial charge in [0.25, 0.3) is 11.8 Å². The van der Waals surface area contributed by atoms with Crippen LogP contribution in [-0.4, -0.2) is 11.8 Å². The monoisotopic (exact) mass is 516 g/mol. The summed E-state index contributed by atoms with van der Waals surface area (Å²) in [4.78, 5) is 26.0. The second kappa shape index (κ2) is 8.60. The number of alkyl halides is 3. The molecule has 2 amide bonds. The van der Waals surface area contributed by atoms with Crippen LogP contribution in [0.25, 0.3) is 10.8 Å².